The molecule has 2 aromatic heterocycles. The largest absolute Gasteiger partial charge is 0.309 e. The minimum atomic E-state index is 0.877. The molecule has 0 aliphatic heterocycles. The molecule has 43 heavy (non-hydrogen) atoms. The van der Waals surface area contributed by atoms with Gasteiger partial charge in [-0.1, -0.05) is 127 Å². The fraction of sp³-hybridized carbons (Fsp3) is 0. The highest BCUT2D eigenvalue weighted by Crippen LogP contribution is 2.39. The van der Waals surface area contributed by atoms with Crippen molar-refractivity contribution in [1.82, 2.24) is 14.5 Å². The van der Waals surface area contributed by atoms with Crippen LogP contribution in [0.4, 0.5) is 0 Å². The van der Waals surface area contributed by atoms with Gasteiger partial charge in [0, 0.05) is 38.4 Å². The summed E-state index contributed by atoms with van der Waals surface area (Å²) in [7, 11) is 0. The summed E-state index contributed by atoms with van der Waals surface area (Å²) in [6.07, 6.45) is 0. The number of rotatable bonds is 3. The summed E-state index contributed by atoms with van der Waals surface area (Å²) < 4.78 is 2.35. The fourth-order valence-electron chi connectivity index (χ4n) is 6.65. The molecule has 7 aromatic carbocycles. The molecule has 0 fully saturated rings. The Labute approximate surface area is 248 Å². The van der Waals surface area contributed by atoms with E-state index in [-0.39, 0.29) is 0 Å². The normalized spacial score (nSPS) is 11.7. The highest BCUT2D eigenvalue weighted by atomic mass is 15.0. The molecule has 0 aliphatic rings. The van der Waals surface area contributed by atoms with Gasteiger partial charge in [-0.15, -0.1) is 0 Å². The molecule has 0 aliphatic carbocycles. The first-order valence-electron chi connectivity index (χ1n) is 14.6. The third-order valence-electron chi connectivity index (χ3n) is 8.56. The second-order valence-corrected chi connectivity index (χ2v) is 11.0. The van der Waals surface area contributed by atoms with Crippen molar-refractivity contribution >= 4 is 54.4 Å². The van der Waals surface area contributed by atoms with Crippen molar-refractivity contribution < 1.29 is 0 Å². The van der Waals surface area contributed by atoms with Gasteiger partial charge >= 0.3 is 0 Å². The molecule has 3 heteroatoms. The maximum atomic E-state index is 5.48. The number of benzene rings is 7. The van der Waals surface area contributed by atoms with Crippen LogP contribution in [0.3, 0.4) is 0 Å². The van der Waals surface area contributed by atoms with E-state index in [0.29, 0.717) is 0 Å². The van der Waals surface area contributed by atoms with Crippen molar-refractivity contribution in [2.75, 3.05) is 0 Å². The third-order valence-corrected chi connectivity index (χ3v) is 8.56. The van der Waals surface area contributed by atoms with Gasteiger partial charge in [0.05, 0.1) is 33.5 Å². The lowest BCUT2D eigenvalue weighted by Crippen LogP contribution is -1.99. The van der Waals surface area contributed by atoms with E-state index in [2.05, 4.69) is 150 Å². The first kappa shape index (κ1) is 23.9. The van der Waals surface area contributed by atoms with Crippen LogP contribution >= 0.6 is 0 Å². The van der Waals surface area contributed by atoms with Crippen LogP contribution in [-0.2, 0) is 0 Å². The molecular formula is C40H25N3. The number of para-hydroxylation sites is 2. The monoisotopic (exact) mass is 547 g/mol. The van der Waals surface area contributed by atoms with E-state index in [1.165, 1.54) is 32.6 Å². The number of aromatic nitrogens is 3. The summed E-state index contributed by atoms with van der Waals surface area (Å²) in [6, 6.07) is 53.5. The Morgan fingerprint density at radius 3 is 1.37 bits per heavy atom. The van der Waals surface area contributed by atoms with Crippen molar-refractivity contribution in [3.63, 3.8) is 0 Å². The van der Waals surface area contributed by atoms with Crippen LogP contribution in [0.1, 0.15) is 0 Å². The van der Waals surface area contributed by atoms with Crippen LogP contribution in [0.5, 0.6) is 0 Å². The summed E-state index contributed by atoms with van der Waals surface area (Å²) in [5.74, 6) is 0. The van der Waals surface area contributed by atoms with Gasteiger partial charge in [0.2, 0.25) is 0 Å². The Kier molecular flexibility index (Phi) is 5.20. The Bertz CT molecular complexity index is 2450. The minimum Gasteiger partial charge on any atom is -0.309 e. The van der Waals surface area contributed by atoms with Gasteiger partial charge < -0.3 is 4.57 Å². The van der Waals surface area contributed by atoms with Gasteiger partial charge in [0.1, 0.15) is 0 Å². The number of hydrogen-bond acceptors (Lipinski definition) is 2. The molecular weight excluding hydrogens is 522 g/mol. The van der Waals surface area contributed by atoms with E-state index in [0.717, 1.165) is 50.0 Å². The summed E-state index contributed by atoms with van der Waals surface area (Å²) in [4.78, 5) is 10.9. The first-order chi connectivity index (χ1) is 21.3. The molecule has 2 heterocycles. The van der Waals surface area contributed by atoms with Gasteiger partial charge in [-0.2, -0.15) is 0 Å². The number of hydrogen-bond donors (Lipinski definition) is 0. The Morgan fingerprint density at radius 1 is 0.349 bits per heavy atom. The maximum absolute atomic E-state index is 5.48. The summed E-state index contributed by atoms with van der Waals surface area (Å²) in [5.41, 5.74) is 9.16. The Hall–Kier alpha value is -5.80. The molecule has 9 aromatic rings. The third kappa shape index (κ3) is 3.62. The highest BCUT2D eigenvalue weighted by Gasteiger charge is 2.19. The van der Waals surface area contributed by atoms with Crippen molar-refractivity contribution in [3.05, 3.63) is 152 Å². The van der Waals surface area contributed by atoms with E-state index in [1.807, 2.05) is 6.07 Å². The van der Waals surface area contributed by atoms with Crippen LogP contribution in [0.2, 0.25) is 0 Å². The summed E-state index contributed by atoms with van der Waals surface area (Å²) >= 11 is 0. The van der Waals surface area contributed by atoms with Gasteiger partial charge in [0.15, 0.2) is 0 Å². The fourth-order valence-corrected chi connectivity index (χ4v) is 6.65. The predicted molar refractivity (Wildman–Crippen MR) is 180 cm³/mol. The van der Waals surface area contributed by atoms with E-state index >= 15 is 0 Å². The van der Waals surface area contributed by atoms with Crippen LogP contribution in [0.25, 0.3) is 82.6 Å². The standard InChI is InChI=1S/C40H25N3/c1-2-13-26(14-3-1)37-38(42-40-34-22-7-5-18-30(34)29-17-4-6-21-33(29)39(40)41-37)27-15-12-16-28(25-27)43-35-23-10-8-19-31(35)32-20-9-11-24-36(32)43/h1-25H. The average molecular weight is 548 g/mol. The summed E-state index contributed by atoms with van der Waals surface area (Å²) in [5, 5.41) is 7.11. The molecule has 0 atom stereocenters. The Balaban J connectivity index is 1.37. The number of nitrogens with zero attached hydrogens (tertiary/aromatic N) is 3. The molecule has 9 rings (SSSR count). The minimum absolute atomic E-state index is 0.877. The molecule has 0 bridgehead atoms. The summed E-state index contributed by atoms with van der Waals surface area (Å²) in [6.45, 7) is 0. The van der Waals surface area contributed by atoms with Crippen LogP contribution in [0, 0.1) is 0 Å². The molecule has 0 spiro atoms. The van der Waals surface area contributed by atoms with Gasteiger partial charge in [-0.05, 0) is 35.0 Å². The molecule has 200 valence electrons. The van der Waals surface area contributed by atoms with Gasteiger partial charge in [-0.25, -0.2) is 9.97 Å². The molecule has 3 nitrogen and oxygen atoms in total. The quantitative estimate of drug-likeness (QED) is 0.206. The predicted octanol–water partition coefficient (Wildman–Crippen LogP) is 10.4. The van der Waals surface area contributed by atoms with Gasteiger partial charge in [-0.3, -0.25) is 0 Å². The van der Waals surface area contributed by atoms with E-state index in [9.17, 15) is 0 Å². The lowest BCUT2D eigenvalue weighted by molar-refractivity contribution is 1.18. The molecule has 0 saturated carbocycles. The highest BCUT2D eigenvalue weighted by molar-refractivity contribution is 6.23. The zero-order valence-corrected chi connectivity index (χ0v) is 23.3. The molecule has 0 saturated heterocycles. The molecule has 0 amide bonds. The molecule has 0 N–H and O–H groups in total. The average Bonchev–Trinajstić information content (AvgIpc) is 3.43. The van der Waals surface area contributed by atoms with Crippen molar-refractivity contribution in [3.8, 4) is 28.2 Å². The van der Waals surface area contributed by atoms with Crippen LogP contribution in [-0.4, -0.2) is 14.5 Å². The lowest BCUT2D eigenvalue weighted by atomic mass is 9.97. The van der Waals surface area contributed by atoms with Crippen molar-refractivity contribution in [2.24, 2.45) is 0 Å². The number of fused-ring (bicyclic) bond motifs is 9. The smallest absolute Gasteiger partial charge is 0.0979 e. The maximum Gasteiger partial charge on any atom is 0.0979 e. The zero-order chi connectivity index (χ0) is 28.3. The molecule has 0 unspecified atom stereocenters. The van der Waals surface area contributed by atoms with Crippen molar-refractivity contribution in [2.45, 2.75) is 0 Å². The topological polar surface area (TPSA) is 30.7 Å². The zero-order valence-electron chi connectivity index (χ0n) is 23.3. The van der Waals surface area contributed by atoms with Crippen LogP contribution in [0.15, 0.2) is 152 Å². The van der Waals surface area contributed by atoms with Crippen LogP contribution < -0.4 is 0 Å². The second-order valence-electron chi connectivity index (χ2n) is 11.0. The van der Waals surface area contributed by atoms with Gasteiger partial charge in [0.25, 0.3) is 0 Å². The second kappa shape index (κ2) is 9.37. The molecule has 0 radical (unpaired) electrons. The first-order valence-corrected chi connectivity index (χ1v) is 14.6. The van der Waals surface area contributed by atoms with E-state index < -0.39 is 0 Å². The SMILES string of the molecule is c1ccc(-c2nc3c4ccccc4c4ccccc4c3nc2-c2cccc(-n3c4ccccc4c4ccccc43)c2)cc1. The van der Waals surface area contributed by atoms with Crippen molar-refractivity contribution in [1.29, 1.82) is 0 Å². The Morgan fingerprint density at radius 2 is 0.791 bits per heavy atom. The van der Waals surface area contributed by atoms with E-state index in [1.54, 1.807) is 0 Å². The lowest BCUT2D eigenvalue weighted by Gasteiger charge is -2.15. The van der Waals surface area contributed by atoms with E-state index in [4.69, 9.17) is 9.97 Å².